The van der Waals surface area contributed by atoms with E-state index in [0.29, 0.717) is 71.9 Å². The summed E-state index contributed by atoms with van der Waals surface area (Å²) in [4.78, 5) is 34.9. The molecule has 1 aliphatic carbocycles. The van der Waals surface area contributed by atoms with Gasteiger partial charge >= 0.3 is 6.09 Å². The first-order valence-corrected chi connectivity index (χ1v) is 19.7. The van der Waals surface area contributed by atoms with Crippen molar-refractivity contribution in [2.75, 3.05) is 80.1 Å². The van der Waals surface area contributed by atoms with Crippen molar-refractivity contribution in [3.8, 4) is 11.1 Å². The molecular formula is C40H49ClF2N4O7S. The van der Waals surface area contributed by atoms with Gasteiger partial charge < -0.3 is 38.8 Å². The molecule has 4 aromatic rings. The molecule has 1 N–H and O–H groups in total. The number of likely N-dealkylation sites (N-methyl/N-ethyl adjacent to an activating group) is 1. The number of aromatic nitrogens is 1. The minimum Gasteiger partial charge on any atom is -0.447 e. The lowest BCUT2D eigenvalue weighted by atomic mass is 9.89. The number of amides is 2. The van der Waals surface area contributed by atoms with Crippen LogP contribution in [0.2, 0.25) is 5.02 Å². The fourth-order valence-electron chi connectivity index (χ4n) is 6.44. The van der Waals surface area contributed by atoms with Crippen LogP contribution in [0.4, 0.5) is 13.6 Å². The summed E-state index contributed by atoms with van der Waals surface area (Å²) >= 11 is 7.47. The van der Waals surface area contributed by atoms with E-state index in [1.807, 2.05) is 43.4 Å². The van der Waals surface area contributed by atoms with E-state index in [1.54, 1.807) is 29.2 Å². The molecule has 0 bridgehead atoms. The van der Waals surface area contributed by atoms with Gasteiger partial charge in [0.05, 0.1) is 68.0 Å². The molecule has 0 aliphatic heterocycles. The first-order chi connectivity index (χ1) is 26.8. The maximum Gasteiger partial charge on any atom is 0.409 e. The summed E-state index contributed by atoms with van der Waals surface area (Å²) < 4.78 is 56.9. The average molecular weight is 803 g/mol. The molecular weight excluding hydrogens is 754 g/mol. The van der Waals surface area contributed by atoms with Crippen molar-refractivity contribution in [1.82, 2.24) is 20.1 Å². The van der Waals surface area contributed by atoms with Gasteiger partial charge in [-0.05, 0) is 73.7 Å². The molecule has 0 saturated heterocycles. The standard InChI is InChI=1S/C40H49ClF2N4O7S/c1-44-15-16-50-17-18-51-19-20-52-21-22-53-23-24-54-40(49)46(2)31-8-10-32(11-9-31)47(27-28-5-3-6-29(25-28)30-7-4-14-45-26-30)39(48)38-36(41)35-33(42)12-13-34(43)37(35)55-38/h3-7,12-14,25-26,31-32,44H,8-11,15-24,27H2,1-2H3. The topological polar surface area (TPSA) is 112 Å². The number of ether oxygens (including phenoxy) is 5. The third-order valence-corrected chi connectivity index (χ3v) is 11.1. The number of nitrogens with one attached hydrogen (secondary N) is 1. The molecule has 55 heavy (non-hydrogen) atoms. The Balaban J connectivity index is 1.12. The van der Waals surface area contributed by atoms with Crippen molar-refractivity contribution in [1.29, 1.82) is 0 Å². The van der Waals surface area contributed by atoms with E-state index in [0.717, 1.165) is 46.7 Å². The molecule has 0 unspecified atom stereocenters. The highest BCUT2D eigenvalue weighted by Gasteiger charge is 2.34. The first-order valence-electron chi connectivity index (χ1n) is 18.5. The van der Waals surface area contributed by atoms with Crippen LogP contribution in [0.5, 0.6) is 0 Å². The molecule has 1 fully saturated rings. The number of pyridine rings is 1. The summed E-state index contributed by atoms with van der Waals surface area (Å²) in [5.74, 6) is -1.71. The van der Waals surface area contributed by atoms with Gasteiger partial charge in [-0.1, -0.05) is 35.9 Å². The van der Waals surface area contributed by atoms with E-state index in [4.69, 9.17) is 35.3 Å². The number of rotatable bonds is 21. The van der Waals surface area contributed by atoms with E-state index < -0.39 is 23.6 Å². The fourth-order valence-corrected chi connectivity index (χ4v) is 7.95. The molecule has 0 spiro atoms. The lowest BCUT2D eigenvalue weighted by Gasteiger charge is -2.39. The van der Waals surface area contributed by atoms with Crippen molar-refractivity contribution in [2.24, 2.45) is 0 Å². The predicted octanol–water partition coefficient (Wildman–Crippen LogP) is 7.20. The van der Waals surface area contributed by atoms with Gasteiger partial charge in [0.15, 0.2) is 0 Å². The minimum atomic E-state index is -0.682. The highest BCUT2D eigenvalue weighted by atomic mass is 35.5. The van der Waals surface area contributed by atoms with Crippen molar-refractivity contribution in [2.45, 2.75) is 44.3 Å². The van der Waals surface area contributed by atoms with E-state index in [2.05, 4.69) is 10.3 Å². The highest BCUT2D eigenvalue weighted by Crippen LogP contribution is 2.40. The number of carbonyl (C=O) groups is 2. The smallest absolute Gasteiger partial charge is 0.409 e. The quantitative estimate of drug-likeness (QED) is 0.0875. The van der Waals surface area contributed by atoms with E-state index >= 15 is 0 Å². The van der Waals surface area contributed by atoms with Gasteiger partial charge in [0.1, 0.15) is 23.1 Å². The second-order valence-corrected chi connectivity index (χ2v) is 14.5. The molecule has 2 aromatic heterocycles. The van der Waals surface area contributed by atoms with Crippen molar-refractivity contribution in [3.63, 3.8) is 0 Å². The molecule has 1 saturated carbocycles. The molecule has 11 nitrogen and oxygen atoms in total. The van der Waals surface area contributed by atoms with Gasteiger partial charge in [-0.25, -0.2) is 13.6 Å². The number of nitrogens with zero attached hydrogens (tertiary/aromatic N) is 3. The maximum absolute atomic E-state index is 14.8. The summed E-state index contributed by atoms with van der Waals surface area (Å²) in [6.07, 6.45) is 5.48. The van der Waals surface area contributed by atoms with Crippen LogP contribution >= 0.6 is 22.9 Å². The van der Waals surface area contributed by atoms with Gasteiger partial charge in [0.25, 0.3) is 5.91 Å². The number of hydrogen-bond acceptors (Lipinski definition) is 10. The lowest BCUT2D eigenvalue weighted by Crippen LogP contribution is -2.46. The van der Waals surface area contributed by atoms with Gasteiger partial charge in [-0.3, -0.25) is 9.78 Å². The summed E-state index contributed by atoms with van der Waals surface area (Å²) in [7, 11) is 3.59. The van der Waals surface area contributed by atoms with Crippen molar-refractivity contribution >= 4 is 45.0 Å². The summed E-state index contributed by atoms with van der Waals surface area (Å²) in [6.45, 7) is 4.79. The van der Waals surface area contributed by atoms with Gasteiger partial charge in [0, 0.05) is 44.6 Å². The summed E-state index contributed by atoms with van der Waals surface area (Å²) in [6, 6.07) is 13.4. The second-order valence-electron chi connectivity index (χ2n) is 13.1. The number of thiophene rings is 1. The summed E-state index contributed by atoms with van der Waals surface area (Å²) in [5, 5.41) is 2.83. The maximum atomic E-state index is 14.8. The normalized spacial score (nSPS) is 15.7. The Morgan fingerprint density at radius 3 is 2.09 bits per heavy atom. The van der Waals surface area contributed by atoms with Crippen LogP contribution in [-0.2, 0) is 30.2 Å². The second kappa shape index (κ2) is 22.1. The van der Waals surface area contributed by atoms with Gasteiger partial charge in [0.2, 0.25) is 0 Å². The Morgan fingerprint density at radius 1 is 0.836 bits per heavy atom. The third-order valence-electron chi connectivity index (χ3n) is 9.42. The zero-order valence-corrected chi connectivity index (χ0v) is 32.8. The Hall–Kier alpha value is -3.76. The summed E-state index contributed by atoms with van der Waals surface area (Å²) in [5.41, 5.74) is 2.77. The molecule has 5 rings (SSSR count). The monoisotopic (exact) mass is 802 g/mol. The van der Waals surface area contributed by atoms with Crippen LogP contribution in [0.3, 0.4) is 0 Å². The number of halogens is 3. The molecule has 2 heterocycles. The predicted molar refractivity (Wildman–Crippen MR) is 209 cm³/mol. The zero-order chi connectivity index (χ0) is 39.0. The number of carbonyl (C=O) groups excluding carboxylic acids is 2. The average Bonchev–Trinajstić information content (AvgIpc) is 3.57. The van der Waals surface area contributed by atoms with Crippen LogP contribution in [0, 0.1) is 11.6 Å². The largest absolute Gasteiger partial charge is 0.447 e. The van der Waals surface area contributed by atoms with E-state index in [9.17, 15) is 18.4 Å². The van der Waals surface area contributed by atoms with E-state index in [1.165, 1.54) is 0 Å². The van der Waals surface area contributed by atoms with Crippen molar-refractivity contribution in [3.05, 3.63) is 88.0 Å². The fraction of sp³-hybridized carbons (Fsp3) is 0.475. The van der Waals surface area contributed by atoms with Crippen LogP contribution < -0.4 is 5.32 Å². The SMILES string of the molecule is CNCCOCCOCCOCCOCCOC(=O)N(C)C1CCC(N(Cc2cccc(-c3cccnc3)c2)C(=O)c2sc3c(F)ccc(F)c3c2Cl)CC1. The first kappa shape index (κ1) is 42.4. The number of fused-ring (bicyclic) bond motifs is 1. The molecule has 0 radical (unpaired) electrons. The Bertz CT molecular complexity index is 1810. The molecule has 15 heteroatoms. The molecule has 1 aliphatic rings. The highest BCUT2D eigenvalue weighted by molar-refractivity contribution is 7.21. The lowest BCUT2D eigenvalue weighted by molar-refractivity contribution is -0.00815. The third kappa shape index (κ3) is 12.1. The minimum absolute atomic E-state index is 0.00779. The van der Waals surface area contributed by atoms with Crippen LogP contribution in [-0.4, -0.2) is 119 Å². The van der Waals surface area contributed by atoms with Crippen molar-refractivity contribution < 1.29 is 42.1 Å². The van der Waals surface area contributed by atoms with Crippen LogP contribution in [0.1, 0.15) is 40.9 Å². The van der Waals surface area contributed by atoms with Crippen LogP contribution in [0.25, 0.3) is 21.2 Å². The van der Waals surface area contributed by atoms with Crippen LogP contribution in [0.15, 0.2) is 60.9 Å². The molecule has 2 amide bonds. The molecule has 2 aromatic carbocycles. The Morgan fingerprint density at radius 2 is 1.45 bits per heavy atom. The van der Waals surface area contributed by atoms with Gasteiger partial charge in [-0.2, -0.15) is 0 Å². The Labute approximate surface area is 329 Å². The number of hydrogen-bond donors (Lipinski definition) is 1. The van der Waals surface area contributed by atoms with Gasteiger partial charge in [-0.15, -0.1) is 11.3 Å². The Kier molecular flexibility index (Phi) is 17.0. The van der Waals surface area contributed by atoms with E-state index in [-0.39, 0.29) is 51.8 Å². The molecule has 0 atom stereocenters. The molecule has 298 valence electrons. The zero-order valence-electron chi connectivity index (χ0n) is 31.3. The number of benzene rings is 2.